The van der Waals surface area contributed by atoms with Crippen LogP contribution in [-0.2, 0) is 4.74 Å². The molecule has 35 heavy (non-hydrogen) atoms. The van der Waals surface area contributed by atoms with Crippen LogP contribution in [0.5, 0.6) is 17.2 Å². The zero-order valence-corrected chi connectivity index (χ0v) is 18.7. The van der Waals surface area contributed by atoms with Crippen molar-refractivity contribution in [3.8, 4) is 17.2 Å². The smallest absolute Gasteiger partial charge is 0.379 e. The van der Waals surface area contributed by atoms with E-state index in [1.54, 1.807) is 54.6 Å². The molecule has 0 unspecified atom stereocenters. The van der Waals surface area contributed by atoms with Crippen LogP contribution in [0.25, 0.3) is 17.0 Å². The molecule has 0 bridgehead atoms. The van der Waals surface area contributed by atoms with E-state index in [-0.39, 0.29) is 28.8 Å². The van der Waals surface area contributed by atoms with E-state index >= 15 is 0 Å². The summed E-state index contributed by atoms with van der Waals surface area (Å²) in [5, 5.41) is 0.702. The number of ketones is 1. The van der Waals surface area contributed by atoms with Crippen LogP contribution in [0.3, 0.4) is 0 Å². The fourth-order valence-electron chi connectivity index (χ4n) is 3.67. The zero-order valence-electron chi connectivity index (χ0n) is 18.7. The number of hydrogen-bond donors (Lipinski definition) is 0. The molecule has 4 aromatic rings. The zero-order chi connectivity index (χ0) is 24.5. The van der Waals surface area contributed by atoms with E-state index < -0.39 is 11.9 Å². The third-order valence-electron chi connectivity index (χ3n) is 5.41. The van der Waals surface area contributed by atoms with E-state index in [0.29, 0.717) is 33.4 Å². The molecule has 0 amide bonds. The van der Waals surface area contributed by atoms with Gasteiger partial charge in [-0.1, -0.05) is 24.3 Å². The van der Waals surface area contributed by atoms with E-state index in [2.05, 4.69) is 4.74 Å². The molecule has 5 rings (SSSR count). The Morgan fingerprint density at radius 1 is 0.914 bits per heavy atom. The van der Waals surface area contributed by atoms with E-state index in [4.69, 9.17) is 18.6 Å². The lowest BCUT2D eigenvalue weighted by Crippen LogP contribution is -2.07. The van der Waals surface area contributed by atoms with Gasteiger partial charge in [-0.15, -0.1) is 0 Å². The normalized spacial score (nSPS) is 13.4. The molecule has 0 N–H and O–H groups in total. The molecule has 0 saturated carbocycles. The van der Waals surface area contributed by atoms with Gasteiger partial charge in [0.1, 0.15) is 11.5 Å². The molecule has 0 radical (unpaired) electrons. The van der Waals surface area contributed by atoms with E-state index in [1.807, 2.05) is 0 Å². The standard InChI is InChI=1S/C27H18O8/c1-31-20-5-3-4-17-13-23(35-25(17)20)27(30)33-18-10-11-19-21(14-18)34-22(24(19)28)12-15-6-8-16(9-7-15)26(29)32-2/h3-14H,1-2H3/b22-12-. The second kappa shape index (κ2) is 8.83. The predicted octanol–water partition coefficient (Wildman–Crippen LogP) is 5.06. The maximum absolute atomic E-state index is 12.7. The average molecular weight is 470 g/mol. The number of rotatable bonds is 5. The number of benzene rings is 3. The van der Waals surface area contributed by atoms with Gasteiger partial charge in [-0.3, -0.25) is 4.79 Å². The minimum Gasteiger partial charge on any atom is -0.493 e. The molecule has 0 spiro atoms. The monoisotopic (exact) mass is 470 g/mol. The molecule has 1 aliphatic heterocycles. The molecule has 8 heteroatoms. The maximum atomic E-state index is 12.7. The lowest BCUT2D eigenvalue weighted by molar-refractivity contribution is 0.0600. The van der Waals surface area contributed by atoms with Crippen molar-refractivity contribution in [3.05, 3.63) is 94.9 Å². The highest BCUT2D eigenvalue weighted by Gasteiger charge is 2.28. The molecular formula is C27H18O8. The Morgan fingerprint density at radius 3 is 2.46 bits per heavy atom. The lowest BCUT2D eigenvalue weighted by Gasteiger charge is -2.04. The van der Waals surface area contributed by atoms with Crippen molar-refractivity contribution in [1.29, 1.82) is 0 Å². The largest absolute Gasteiger partial charge is 0.493 e. The number of hydrogen-bond acceptors (Lipinski definition) is 8. The predicted molar refractivity (Wildman–Crippen MR) is 125 cm³/mol. The summed E-state index contributed by atoms with van der Waals surface area (Å²) in [6.45, 7) is 0. The van der Waals surface area contributed by atoms with Crippen LogP contribution in [0, 0.1) is 0 Å². The first-order valence-corrected chi connectivity index (χ1v) is 10.5. The molecule has 3 aromatic carbocycles. The summed E-state index contributed by atoms with van der Waals surface area (Å²) in [4.78, 5) is 37.0. The average Bonchev–Trinajstić information content (AvgIpc) is 3.45. The van der Waals surface area contributed by atoms with Gasteiger partial charge in [0.2, 0.25) is 11.5 Å². The highest BCUT2D eigenvalue weighted by molar-refractivity contribution is 6.14. The van der Waals surface area contributed by atoms with Gasteiger partial charge in [0.15, 0.2) is 17.1 Å². The lowest BCUT2D eigenvalue weighted by atomic mass is 10.1. The Labute approximate surface area is 199 Å². The first kappa shape index (κ1) is 22.0. The van der Waals surface area contributed by atoms with Crippen LogP contribution in [0.1, 0.15) is 36.8 Å². The van der Waals surface area contributed by atoms with Crippen LogP contribution >= 0.6 is 0 Å². The Morgan fingerprint density at radius 2 is 1.71 bits per heavy atom. The molecule has 1 aromatic heterocycles. The second-order valence-corrected chi connectivity index (χ2v) is 7.59. The summed E-state index contributed by atoms with van der Waals surface area (Å²) < 4.78 is 26.7. The fourth-order valence-corrected chi connectivity index (χ4v) is 3.67. The maximum Gasteiger partial charge on any atom is 0.379 e. The molecule has 2 heterocycles. The van der Waals surface area contributed by atoms with E-state index in [0.717, 1.165) is 0 Å². The molecule has 0 aliphatic carbocycles. The highest BCUT2D eigenvalue weighted by Crippen LogP contribution is 2.35. The van der Waals surface area contributed by atoms with Gasteiger partial charge in [-0.05, 0) is 48.0 Å². The molecule has 174 valence electrons. The van der Waals surface area contributed by atoms with Crippen LogP contribution in [0.15, 0.2) is 76.9 Å². The van der Waals surface area contributed by atoms with Gasteiger partial charge in [0.05, 0.1) is 25.3 Å². The summed E-state index contributed by atoms with van der Waals surface area (Å²) in [6, 6.07) is 17.9. The molecule has 8 nitrogen and oxygen atoms in total. The highest BCUT2D eigenvalue weighted by atomic mass is 16.6. The molecular weight excluding hydrogens is 452 g/mol. The van der Waals surface area contributed by atoms with Crippen molar-refractivity contribution in [1.82, 2.24) is 0 Å². The third-order valence-corrected chi connectivity index (χ3v) is 5.41. The third kappa shape index (κ3) is 4.13. The minimum atomic E-state index is -0.700. The van der Waals surface area contributed by atoms with Crippen LogP contribution in [0.4, 0.5) is 0 Å². The van der Waals surface area contributed by atoms with Gasteiger partial charge >= 0.3 is 11.9 Å². The number of fused-ring (bicyclic) bond motifs is 2. The molecule has 1 aliphatic rings. The first-order valence-electron chi connectivity index (χ1n) is 10.5. The number of carbonyl (C=O) groups is 3. The number of allylic oxidation sites excluding steroid dienone is 1. The van der Waals surface area contributed by atoms with E-state index in [9.17, 15) is 14.4 Å². The Hall–Kier alpha value is -4.85. The number of carbonyl (C=O) groups excluding carboxylic acids is 3. The van der Waals surface area contributed by atoms with Crippen LogP contribution in [0.2, 0.25) is 0 Å². The fraction of sp³-hybridized carbons (Fsp3) is 0.0741. The number of Topliss-reactive ketones (excluding diaryl/α,β-unsaturated/α-hetero) is 1. The van der Waals surface area contributed by atoms with Gasteiger partial charge < -0.3 is 23.4 Å². The number of methoxy groups -OCH3 is 2. The minimum absolute atomic E-state index is 0.0120. The Bertz CT molecular complexity index is 1510. The van der Waals surface area contributed by atoms with Crippen LogP contribution < -0.4 is 14.2 Å². The quantitative estimate of drug-likeness (QED) is 0.227. The summed E-state index contributed by atoms with van der Waals surface area (Å²) >= 11 is 0. The van der Waals surface area contributed by atoms with Crippen molar-refractivity contribution in [2.45, 2.75) is 0 Å². The Kier molecular flexibility index (Phi) is 5.54. The first-order chi connectivity index (χ1) is 17.0. The van der Waals surface area contributed by atoms with Crippen LogP contribution in [-0.4, -0.2) is 31.9 Å². The van der Waals surface area contributed by atoms with E-state index in [1.165, 1.54) is 32.4 Å². The van der Waals surface area contributed by atoms with Gasteiger partial charge in [0.25, 0.3) is 0 Å². The number of para-hydroxylation sites is 1. The Balaban J connectivity index is 1.34. The van der Waals surface area contributed by atoms with Crippen molar-refractivity contribution < 1.29 is 37.7 Å². The molecule has 0 atom stereocenters. The summed E-state index contributed by atoms with van der Waals surface area (Å²) in [7, 11) is 2.82. The SMILES string of the molecule is COC(=O)c1ccc(/C=C2\Oc3cc(OC(=O)c4cc5cccc(OC)c5o4)ccc3C2=O)cc1. The van der Waals surface area contributed by atoms with Crippen molar-refractivity contribution in [2.75, 3.05) is 14.2 Å². The van der Waals surface area contributed by atoms with Gasteiger partial charge in [-0.2, -0.15) is 0 Å². The summed E-state index contributed by atoms with van der Waals surface area (Å²) in [5.41, 5.74) is 1.85. The van der Waals surface area contributed by atoms with Crippen molar-refractivity contribution in [2.24, 2.45) is 0 Å². The molecule has 0 fully saturated rings. The number of furan rings is 1. The number of ether oxygens (including phenoxy) is 4. The second-order valence-electron chi connectivity index (χ2n) is 7.59. The van der Waals surface area contributed by atoms with Gasteiger partial charge in [-0.25, -0.2) is 9.59 Å². The van der Waals surface area contributed by atoms with Crippen molar-refractivity contribution >= 4 is 34.8 Å². The van der Waals surface area contributed by atoms with Gasteiger partial charge in [0, 0.05) is 11.5 Å². The van der Waals surface area contributed by atoms with Crippen molar-refractivity contribution in [3.63, 3.8) is 0 Å². The number of esters is 2. The summed E-state index contributed by atoms with van der Waals surface area (Å²) in [5.74, 6) is -0.370. The molecule has 0 saturated heterocycles. The topological polar surface area (TPSA) is 101 Å². The summed E-state index contributed by atoms with van der Waals surface area (Å²) in [6.07, 6.45) is 1.57.